The van der Waals surface area contributed by atoms with E-state index in [1.54, 1.807) is 31.0 Å². The standard InChI is InChI=1S/C20H24FNO2S/c1-15-13-16(7-9-19(15)24-2)8-10-20(23)22-11-12-25-14-17-5-3-4-6-18(17)21/h3-7,9,13H,8,10-12,14H2,1-2H3,(H,22,23). The molecule has 2 aromatic rings. The Morgan fingerprint density at radius 1 is 1.24 bits per heavy atom. The SMILES string of the molecule is COc1ccc(CCC(=O)NCCSCc2ccccc2F)cc1C. The first-order valence-corrected chi connectivity index (χ1v) is 9.47. The molecule has 1 amide bonds. The van der Waals surface area contributed by atoms with Gasteiger partial charge in [0.05, 0.1) is 7.11 Å². The van der Waals surface area contributed by atoms with Crippen molar-refractivity contribution in [3.63, 3.8) is 0 Å². The zero-order chi connectivity index (χ0) is 18.1. The van der Waals surface area contributed by atoms with E-state index in [4.69, 9.17) is 4.74 Å². The van der Waals surface area contributed by atoms with Crippen LogP contribution in [0, 0.1) is 12.7 Å². The smallest absolute Gasteiger partial charge is 0.220 e. The van der Waals surface area contributed by atoms with E-state index in [9.17, 15) is 9.18 Å². The molecule has 0 saturated heterocycles. The van der Waals surface area contributed by atoms with Gasteiger partial charge in [-0.05, 0) is 42.2 Å². The summed E-state index contributed by atoms with van der Waals surface area (Å²) in [6, 6.07) is 12.8. The van der Waals surface area contributed by atoms with Gasteiger partial charge in [-0.25, -0.2) is 4.39 Å². The van der Waals surface area contributed by atoms with Crippen LogP contribution < -0.4 is 10.1 Å². The molecular weight excluding hydrogens is 337 g/mol. The highest BCUT2D eigenvalue weighted by Crippen LogP contribution is 2.19. The third-order valence-electron chi connectivity index (χ3n) is 3.88. The first-order chi connectivity index (χ1) is 12.1. The molecule has 0 aliphatic rings. The molecule has 3 nitrogen and oxygen atoms in total. The average molecular weight is 361 g/mol. The Labute approximate surface area is 153 Å². The van der Waals surface area contributed by atoms with Crippen LogP contribution in [0.2, 0.25) is 0 Å². The van der Waals surface area contributed by atoms with Gasteiger partial charge in [0.1, 0.15) is 11.6 Å². The van der Waals surface area contributed by atoms with Crippen molar-refractivity contribution in [2.75, 3.05) is 19.4 Å². The minimum Gasteiger partial charge on any atom is -0.496 e. The summed E-state index contributed by atoms with van der Waals surface area (Å²) in [7, 11) is 1.65. The highest BCUT2D eigenvalue weighted by atomic mass is 32.2. The van der Waals surface area contributed by atoms with Crippen LogP contribution in [-0.2, 0) is 17.0 Å². The van der Waals surface area contributed by atoms with Gasteiger partial charge in [0, 0.05) is 24.5 Å². The molecule has 1 N–H and O–H groups in total. The number of ether oxygens (including phenoxy) is 1. The minimum absolute atomic E-state index is 0.0416. The highest BCUT2D eigenvalue weighted by Gasteiger charge is 2.05. The van der Waals surface area contributed by atoms with Gasteiger partial charge < -0.3 is 10.1 Å². The predicted molar refractivity (Wildman–Crippen MR) is 102 cm³/mol. The maximum Gasteiger partial charge on any atom is 0.220 e. The molecule has 0 aromatic heterocycles. The number of hydrogen-bond acceptors (Lipinski definition) is 3. The summed E-state index contributed by atoms with van der Waals surface area (Å²) in [6.07, 6.45) is 1.17. The van der Waals surface area contributed by atoms with Crippen LogP contribution in [0.5, 0.6) is 5.75 Å². The second-order valence-electron chi connectivity index (χ2n) is 5.80. The molecule has 2 rings (SSSR count). The van der Waals surface area contributed by atoms with Gasteiger partial charge in [-0.1, -0.05) is 30.3 Å². The summed E-state index contributed by atoms with van der Waals surface area (Å²) in [6.45, 7) is 2.59. The van der Waals surface area contributed by atoms with E-state index in [0.717, 1.165) is 22.6 Å². The Morgan fingerprint density at radius 2 is 2.04 bits per heavy atom. The van der Waals surface area contributed by atoms with Crippen molar-refractivity contribution in [1.29, 1.82) is 0 Å². The summed E-state index contributed by atoms with van der Waals surface area (Å²) < 4.78 is 18.7. The molecule has 5 heteroatoms. The second kappa shape index (κ2) is 10.1. The number of halogens is 1. The summed E-state index contributed by atoms with van der Waals surface area (Å²) in [5.41, 5.74) is 2.90. The quantitative estimate of drug-likeness (QED) is 0.683. The molecule has 2 aromatic carbocycles. The van der Waals surface area contributed by atoms with Crippen LogP contribution >= 0.6 is 11.8 Å². The van der Waals surface area contributed by atoms with E-state index in [-0.39, 0.29) is 11.7 Å². The van der Waals surface area contributed by atoms with Gasteiger partial charge in [0.25, 0.3) is 0 Å². The third kappa shape index (κ3) is 6.42. The van der Waals surface area contributed by atoms with Crippen LogP contribution in [0.25, 0.3) is 0 Å². The first-order valence-electron chi connectivity index (χ1n) is 8.31. The van der Waals surface area contributed by atoms with Gasteiger partial charge in [-0.2, -0.15) is 11.8 Å². The normalized spacial score (nSPS) is 10.5. The summed E-state index contributed by atoms with van der Waals surface area (Å²) in [4.78, 5) is 11.9. The lowest BCUT2D eigenvalue weighted by atomic mass is 10.1. The summed E-state index contributed by atoms with van der Waals surface area (Å²) in [5, 5.41) is 2.91. The number of hydrogen-bond donors (Lipinski definition) is 1. The fourth-order valence-corrected chi connectivity index (χ4v) is 3.35. The lowest BCUT2D eigenvalue weighted by Gasteiger charge is -2.08. The lowest BCUT2D eigenvalue weighted by Crippen LogP contribution is -2.25. The Morgan fingerprint density at radius 3 is 2.76 bits per heavy atom. The van der Waals surface area contributed by atoms with Crippen LogP contribution in [-0.4, -0.2) is 25.3 Å². The fraction of sp³-hybridized carbons (Fsp3) is 0.350. The summed E-state index contributed by atoms with van der Waals surface area (Å²) >= 11 is 1.61. The molecule has 0 heterocycles. The molecule has 0 fully saturated rings. The largest absolute Gasteiger partial charge is 0.496 e. The number of nitrogens with one attached hydrogen (secondary N) is 1. The molecule has 0 bridgehead atoms. The number of carbonyl (C=O) groups excluding carboxylic acids is 1. The van der Waals surface area contributed by atoms with Gasteiger partial charge in [0.15, 0.2) is 0 Å². The van der Waals surface area contributed by atoms with E-state index >= 15 is 0 Å². The molecule has 0 aliphatic heterocycles. The number of carbonyl (C=O) groups is 1. The molecule has 0 saturated carbocycles. The molecule has 0 aliphatic carbocycles. The Kier molecular flexibility index (Phi) is 7.79. The topological polar surface area (TPSA) is 38.3 Å². The van der Waals surface area contributed by atoms with E-state index in [2.05, 4.69) is 11.4 Å². The van der Waals surface area contributed by atoms with E-state index in [0.29, 0.717) is 30.7 Å². The van der Waals surface area contributed by atoms with Gasteiger partial charge >= 0.3 is 0 Å². The molecule has 0 spiro atoms. The number of rotatable bonds is 9. The number of aryl methyl sites for hydroxylation is 2. The van der Waals surface area contributed by atoms with Crippen LogP contribution in [0.1, 0.15) is 23.1 Å². The molecule has 134 valence electrons. The number of methoxy groups -OCH3 is 1. The van der Waals surface area contributed by atoms with E-state index in [1.807, 2.05) is 25.1 Å². The van der Waals surface area contributed by atoms with E-state index < -0.39 is 0 Å². The van der Waals surface area contributed by atoms with E-state index in [1.165, 1.54) is 6.07 Å². The molecule has 0 unspecified atom stereocenters. The molecule has 0 radical (unpaired) electrons. The second-order valence-corrected chi connectivity index (χ2v) is 6.90. The number of benzene rings is 2. The molecular formula is C20H24FNO2S. The van der Waals surface area contributed by atoms with Crippen molar-refractivity contribution in [2.24, 2.45) is 0 Å². The molecule has 25 heavy (non-hydrogen) atoms. The first kappa shape index (κ1) is 19.3. The van der Waals surface area contributed by atoms with Crippen LogP contribution in [0.15, 0.2) is 42.5 Å². The van der Waals surface area contributed by atoms with Crippen LogP contribution in [0.3, 0.4) is 0 Å². The van der Waals surface area contributed by atoms with Crippen molar-refractivity contribution < 1.29 is 13.9 Å². The van der Waals surface area contributed by atoms with Gasteiger partial charge in [-0.3, -0.25) is 4.79 Å². The van der Waals surface area contributed by atoms with Crippen molar-refractivity contribution in [3.8, 4) is 5.75 Å². The Hall–Kier alpha value is -2.01. The van der Waals surface area contributed by atoms with Crippen molar-refractivity contribution in [3.05, 3.63) is 65.0 Å². The maximum absolute atomic E-state index is 13.5. The highest BCUT2D eigenvalue weighted by molar-refractivity contribution is 7.98. The number of thioether (sulfide) groups is 1. The average Bonchev–Trinajstić information content (AvgIpc) is 2.61. The van der Waals surface area contributed by atoms with Crippen molar-refractivity contribution >= 4 is 17.7 Å². The maximum atomic E-state index is 13.5. The van der Waals surface area contributed by atoms with Gasteiger partial charge in [-0.15, -0.1) is 0 Å². The Bertz CT molecular complexity index is 706. The lowest BCUT2D eigenvalue weighted by molar-refractivity contribution is -0.120. The van der Waals surface area contributed by atoms with Gasteiger partial charge in [0.2, 0.25) is 5.91 Å². The number of amides is 1. The third-order valence-corrected chi connectivity index (χ3v) is 4.89. The zero-order valence-electron chi connectivity index (χ0n) is 14.7. The zero-order valence-corrected chi connectivity index (χ0v) is 15.5. The van der Waals surface area contributed by atoms with Crippen molar-refractivity contribution in [2.45, 2.75) is 25.5 Å². The summed E-state index contributed by atoms with van der Waals surface area (Å²) in [5.74, 6) is 2.11. The fourth-order valence-electron chi connectivity index (χ4n) is 2.50. The minimum atomic E-state index is -0.172. The van der Waals surface area contributed by atoms with Crippen molar-refractivity contribution in [1.82, 2.24) is 5.32 Å². The van der Waals surface area contributed by atoms with Crippen LogP contribution in [0.4, 0.5) is 4.39 Å². The monoisotopic (exact) mass is 361 g/mol. The molecule has 0 atom stereocenters. The predicted octanol–water partition coefficient (Wildman–Crippen LogP) is 4.12. The Balaban J connectivity index is 1.62.